The van der Waals surface area contributed by atoms with Crippen LogP contribution < -0.4 is 16.4 Å². The number of nitrogens with one attached hydrogen (secondary N) is 2. The molecule has 1 rings (SSSR count). The maximum Gasteiger partial charge on any atom is 0.319 e. The van der Waals surface area contributed by atoms with Crippen LogP contribution in [0.2, 0.25) is 0 Å². The quantitative estimate of drug-likeness (QED) is 0.700. The number of rotatable bonds is 6. The Hall–Kier alpha value is -1.75. The van der Waals surface area contributed by atoms with Crippen LogP contribution in [0.3, 0.4) is 0 Å². The summed E-state index contributed by atoms with van der Waals surface area (Å²) in [4.78, 5) is 14.1. The molecule has 1 unspecified atom stereocenters. The second-order valence-corrected chi connectivity index (χ2v) is 5.81. The predicted octanol–water partition coefficient (Wildman–Crippen LogP) is 2.37. The third-order valence-electron chi connectivity index (χ3n) is 2.85. The van der Waals surface area contributed by atoms with Crippen molar-refractivity contribution in [3.05, 3.63) is 24.3 Å². The number of carbonyl (C=O) groups excluding carboxylic acids is 1. The molecule has 0 spiro atoms. The number of hydrogen-bond acceptors (Lipinski definition) is 3. The standard InChI is InChI=1S/C15H26N4O/c1-11(2)9-14(10-19(3)4)18-15(20)17-13-7-5-12(16)6-8-13/h5-8,11,14H,9-10,16H2,1-4H3,(H2,17,18,20). The fourth-order valence-electron chi connectivity index (χ4n) is 2.11. The van der Waals surface area contributed by atoms with Crippen molar-refractivity contribution in [3.63, 3.8) is 0 Å². The average Bonchev–Trinajstić information content (AvgIpc) is 2.30. The maximum absolute atomic E-state index is 12.0. The number of benzene rings is 1. The number of amides is 2. The molecule has 0 radical (unpaired) electrons. The Morgan fingerprint density at radius 3 is 2.35 bits per heavy atom. The lowest BCUT2D eigenvalue weighted by molar-refractivity contribution is 0.240. The zero-order valence-corrected chi connectivity index (χ0v) is 12.8. The molecule has 0 aliphatic rings. The van der Waals surface area contributed by atoms with E-state index in [-0.39, 0.29) is 12.1 Å². The maximum atomic E-state index is 12.0. The van der Waals surface area contributed by atoms with Crippen LogP contribution in [-0.4, -0.2) is 37.6 Å². The van der Waals surface area contributed by atoms with Gasteiger partial charge in [-0.2, -0.15) is 0 Å². The molecule has 0 bridgehead atoms. The Morgan fingerprint density at radius 1 is 1.25 bits per heavy atom. The Bertz CT molecular complexity index is 404. The van der Waals surface area contributed by atoms with E-state index in [0.29, 0.717) is 11.6 Å². The smallest absolute Gasteiger partial charge is 0.319 e. The van der Waals surface area contributed by atoms with Gasteiger partial charge in [-0.05, 0) is 50.7 Å². The number of nitrogen functional groups attached to an aromatic ring is 1. The van der Waals surface area contributed by atoms with E-state index in [1.165, 1.54) is 0 Å². The molecule has 0 heterocycles. The van der Waals surface area contributed by atoms with E-state index < -0.39 is 0 Å². The number of nitrogens with zero attached hydrogens (tertiary/aromatic N) is 1. The van der Waals surface area contributed by atoms with Crippen LogP contribution in [0, 0.1) is 5.92 Å². The van der Waals surface area contributed by atoms with E-state index in [1.54, 1.807) is 24.3 Å². The molecule has 0 saturated heterocycles. The summed E-state index contributed by atoms with van der Waals surface area (Å²) in [5.41, 5.74) is 7.04. The van der Waals surface area contributed by atoms with E-state index in [9.17, 15) is 4.79 Å². The monoisotopic (exact) mass is 278 g/mol. The molecule has 112 valence electrons. The molecular formula is C15H26N4O. The van der Waals surface area contributed by atoms with Crippen LogP contribution in [0.4, 0.5) is 16.2 Å². The molecule has 1 aromatic carbocycles. The van der Waals surface area contributed by atoms with E-state index in [1.807, 2.05) is 14.1 Å². The summed E-state index contributed by atoms with van der Waals surface area (Å²) >= 11 is 0. The Labute approximate surface area is 121 Å². The molecule has 0 saturated carbocycles. The summed E-state index contributed by atoms with van der Waals surface area (Å²) in [5, 5.41) is 5.84. The van der Waals surface area contributed by atoms with E-state index in [0.717, 1.165) is 18.7 Å². The summed E-state index contributed by atoms with van der Waals surface area (Å²) in [7, 11) is 4.01. The van der Waals surface area contributed by atoms with Crippen LogP contribution in [0.25, 0.3) is 0 Å². The van der Waals surface area contributed by atoms with E-state index in [2.05, 4.69) is 29.4 Å². The molecule has 0 aliphatic heterocycles. The first-order chi connectivity index (χ1) is 9.36. The molecule has 1 atom stereocenters. The lowest BCUT2D eigenvalue weighted by Gasteiger charge is -2.24. The topological polar surface area (TPSA) is 70.4 Å². The minimum absolute atomic E-state index is 0.138. The van der Waals surface area contributed by atoms with Crippen molar-refractivity contribution in [2.45, 2.75) is 26.3 Å². The van der Waals surface area contributed by atoms with Gasteiger partial charge >= 0.3 is 6.03 Å². The second-order valence-electron chi connectivity index (χ2n) is 5.81. The van der Waals surface area contributed by atoms with Gasteiger partial charge < -0.3 is 21.3 Å². The van der Waals surface area contributed by atoms with Crippen LogP contribution in [-0.2, 0) is 0 Å². The summed E-state index contributed by atoms with van der Waals surface area (Å²) in [5.74, 6) is 0.539. The fraction of sp³-hybridized carbons (Fsp3) is 0.533. The minimum atomic E-state index is -0.178. The fourth-order valence-corrected chi connectivity index (χ4v) is 2.11. The zero-order valence-electron chi connectivity index (χ0n) is 12.8. The van der Waals surface area contributed by atoms with Gasteiger partial charge in [-0.15, -0.1) is 0 Å². The number of likely N-dealkylation sites (N-methyl/N-ethyl adjacent to an activating group) is 1. The molecule has 0 aliphatic carbocycles. The number of urea groups is 1. The first-order valence-corrected chi connectivity index (χ1v) is 6.94. The van der Waals surface area contributed by atoms with E-state index in [4.69, 9.17) is 5.73 Å². The number of carbonyl (C=O) groups is 1. The van der Waals surface area contributed by atoms with Crippen LogP contribution in [0.1, 0.15) is 20.3 Å². The SMILES string of the molecule is CC(C)CC(CN(C)C)NC(=O)Nc1ccc(N)cc1. The van der Waals surface area contributed by atoms with Crippen molar-refractivity contribution in [2.24, 2.45) is 5.92 Å². The van der Waals surface area contributed by atoms with Crippen molar-refractivity contribution < 1.29 is 4.79 Å². The van der Waals surface area contributed by atoms with Gasteiger partial charge in [0.2, 0.25) is 0 Å². The van der Waals surface area contributed by atoms with Gasteiger partial charge in [0.15, 0.2) is 0 Å². The largest absolute Gasteiger partial charge is 0.399 e. The second kappa shape index (κ2) is 7.75. The minimum Gasteiger partial charge on any atom is -0.399 e. The zero-order chi connectivity index (χ0) is 15.1. The summed E-state index contributed by atoms with van der Waals surface area (Å²) < 4.78 is 0. The van der Waals surface area contributed by atoms with Gasteiger partial charge in [-0.25, -0.2) is 4.79 Å². The highest BCUT2D eigenvalue weighted by Gasteiger charge is 2.14. The normalized spacial score (nSPS) is 12.5. The van der Waals surface area contributed by atoms with Gasteiger partial charge in [0.25, 0.3) is 0 Å². The summed E-state index contributed by atoms with van der Waals surface area (Å²) in [6.07, 6.45) is 0.952. The van der Waals surface area contributed by atoms with Crippen molar-refractivity contribution in [2.75, 3.05) is 31.7 Å². The molecule has 5 heteroatoms. The Morgan fingerprint density at radius 2 is 1.85 bits per heavy atom. The van der Waals surface area contributed by atoms with Crippen molar-refractivity contribution in [3.8, 4) is 0 Å². The number of hydrogen-bond donors (Lipinski definition) is 3. The average molecular weight is 278 g/mol. The van der Waals surface area contributed by atoms with Crippen LogP contribution in [0.15, 0.2) is 24.3 Å². The Balaban J connectivity index is 2.54. The third-order valence-corrected chi connectivity index (χ3v) is 2.85. The van der Waals surface area contributed by atoms with Gasteiger partial charge in [0.05, 0.1) is 0 Å². The molecule has 0 aromatic heterocycles. The highest BCUT2D eigenvalue weighted by Crippen LogP contribution is 2.11. The van der Waals surface area contributed by atoms with Gasteiger partial charge in [0, 0.05) is 24.0 Å². The third kappa shape index (κ3) is 6.43. The lowest BCUT2D eigenvalue weighted by atomic mass is 10.0. The molecule has 2 amide bonds. The van der Waals surface area contributed by atoms with Crippen LogP contribution in [0.5, 0.6) is 0 Å². The Kier molecular flexibility index (Phi) is 6.31. The van der Waals surface area contributed by atoms with E-state index >= 15 is 0 Å². The highest BCUT2D eigenvalue weighted by molar-refractivity contribution is 5.89. The highest BCUT2D eigenvalue weighted by atomic mass is 16.2. The van der Waals surface area contributed by atoms with Crippen molar-refractivity contribution in [1.29, 1.82) is 0 Å². The molecule has 1 aromatic rings. The summed E-state index contributed by atoms with van der Waals surface area (Å²) in [6, 6.07) is 7.07. The predicted molar refractivity (Wildman–Crippen MR) is 84.8 cm³/mol. The molecule has 4 N–H and O–H groups in total. The first kappa shape index (κ1) is 16.3. The first-order valence-electron chi connectivity index (χ1n) is 6.94. The van der Waals surface area contributed by atoms with Gasteiger partial charge in [0.1, 0.15) is 0 Å². The molecular weight excluding hydrogens is 252 g/mol. The number of anilines is 2. The number of nitrogens with two attached hydrogens (primary N) is 1. The van der Waals surface area contributed by atoms with Gasteiger partial charge in [-0.3, -0.25) is 0 Å². The van der Waals surface area contributed by atoms with Crippen molar-refractivity contribution >= 4 is 17.4 Å². The van der Waals surface area contributed by atoms with Crippen molar-refractivity contribution in [1.82, 2.24) is 10.2 Å². The molecule has 20 heavy (non-hydrogen) atoms. The van der Waals surface area contributed by atoms with Gasteiger partial charge in [-0.1, -0.05) is 13.8 Å². The molecule has 0 fully saturated rings. The molecule has 5 nitrogen and oxygen atoms in total. The lowest BCUT2D eigenvalue weighted by Crippen LogP contribution is -2.44. The van der Waals surface area contributed by atoms with Crippen LogP contribution >= 0.6 is 0 Å². The summed E-state index contributed by atoms with van der Waals surface area (Å²) in [6.45, 7) is 5.14.